The summed E-state index contributed by atoms with van der Waals surface area (Å²) in [5.74, 6) is -2.20. The van der Waals surface area contributed by atoms with E-state index in [2.05, 4.69) is 10.3 Å². The third kappa shape index (κ3) is 3.76. The predicted molar refractivity (Wildman–Crippen MR) is 74.9 cm³/mol. The molecular formula is C14H10ClFN2O3. The monoisotopic (exact) mass is 308 g/mol. The highest BCUT2D eigenvalue weighted by Gasteiger charge is 2.12. The number of hydrogen-bond donors (Lipinski definition) is 2. The van der Waals surface area contributed by atoms with Crippen LogP contribution in [-0.2, 0) is 11.2 Å². The van der Waals surface area contributed by atoms with Crippen LogP contribution in [0.25, 0.3) is 0 Å². The number of benzene rings is 1. The van der Waals surface area contributed by atoms with E-state index in [0.717, 1.165) is 0 Å². The molecule has 0 saturated carbocycles. The van der Waals surface area contributed by atoms with Crippen LogP contribution in [-0.4, -0.2) is 22.0 Å². The van der Waals surface area contributed by atoms with E-state index in [1.807, 2.05) is 0 Å². The van der Waals surface area contributed by atoms with Crippen molar-refractivity contribution < 1.29 is 19.1 Å². The number of carboxylic acids is 1. The summed E-state index contributed by atoms with van der Waals surface area (Å²) in [6, 6.07) is 6.83. The van der Waals surface area contributed by atoms with E-state index < -0.39 is 17.7 Å². The number of carbonyl (C=O) groups excluding carboxylic acids is 1. The van der Waals surface area contributed by atoms with Gasteiger partial charge in [-0.2, -0.15) is 0 Å². The van der Waals surface area contributed by atoms with E-state index in [4.69, 9.17) is 16.7 Å². The number of pyridine rings is 1. The summed E-state index contributed by atoms with van der Waals surface area (Å²) in [6.07, 6.45) is 0.983. The molecule has 0 spiro atoms. The van der Waals surface area contributed by atoms with Crippen LogP contribution in [0.2, 0.25) is 5.02 Å². The van der Waals surface area contributed by atoms with Crippen LogP contribution in [0.5, 0.6) is 0 Å². The summed E-state index contributed by atoms with van der Waals surface area (Å²) in [5, 5.41) is 11.4. The Labute approximate surface area is 124 Å². The SMILES string of the molecule is O=C(Cc1c(F)cccc1Cl)Nc1ccc(C(=O)O)nc1. The first-order chi connectivity index (χ1) is 9.97. The lowest BCUT2D eigenvalue weighted by Crippen LogP contribution is -2.16. The molecular weight excluding hydrogens is 299 g/mol. The molecule has 0 aliphatic rings. The van der Waals surface area contributed by atoms with Gasteiger partial charge in [-0.15, -0.1) is 0 Å². The molecule has 0 bridgehead atoms. The van der Waals surface area contributed by atoms with Crippen molar-refractivity contribution in [3.05, 3.63) is 58.6 Å². The number of rotatable bonds is 4. The van der Waals surface area contributed by atoms with Gasteiger partial charge in [0.05, 0.1) is 18.3 Å². The quantitative estimate of drug-likeness (QED) is 0.910. The highest BCUT2D eigenvalue weighted by molar-refractivity contribution is 6.31. The maximum Gasteiger partial charge on any atom is 0.354 e. The fraction of sp³-hybridized carbons (Fsp3) is 0.0714. The molecule has 1 heterocycles. The molecule has 0 atom stereocenters. The van der Waals surface area contributed by atoms with Crippen molar-refractivity contribution in [2.24, 2.45) is 0 Å². The maximum atomic E-state index is 13.5. The lowest BCUT2D eigenvalue weighted by molar-refractivity contribution is -0.115. The molecule has 1 aromatic carbocycles. The molecule has 7 heteroatoms. The average Bonchev–Trinajstić information content (AvgIpc) is 2.43. The van der Waals surface area contributed by atoms with Crippen LogP contribution >= 0.6 is 11.6 Å². The van der Waals surface area contributed by atoms with Gasteiger partial charge in [0.1, 0.15) is 11.5 Å². The van der Waals surface area contributed by atoms with E-state index in [1.54, 1.807) is 0 Å². The van der Waals surface area contributed by atoms with Gasteiger partial charge < -0.3 is 10.4 Å². The first kappa shape index (κ1) is 14.9. The number of amides is 1. The Morgan fingerprint density at radius 1 is 1.29 bits per heavy atom. The predicted octanol–water partition coefficient (Wildman–Crippen LogP) is 2.75. The summed E-state index contributed by atoms with van der Waals surface area (Å²) in [5.41, 5.74) is 0.286. The zero-order chi connectivity index (χ0) is 15.4. The number of nitrogens with one attached hydrogen (secondary N) is 1. The van der Waals surface area contributed by atoms with Gasteiger partial charge in [-0.3, -0.25) is 4.79 Å². The fourth-order valence-corrected chi connectivity index (χ4v) is 1.89. The van der Waals surface area contributed by atoms with Gasteiger partial charge >= 0.3 is 5.97 Å². The van der Waals surface area contributed by atoms with Crippen molar-refractivity contribution in [3.63, 3.8) is 0 Å². The van der Waals surface area contributed by atoms with Crippen molar-refractivity contribution in [2.75, 3.05) is 5.32 Å². The molecule has 0 aliphatic carbocycles. The minimum absolute atomic E-state index is 0.104. The number of nitrogens with zero attached hydrogens (tertiary/aromatic N) is 1. The first-order valence-electron chi connectivity index (χ1n) is 5.89. The van der Waals surface area contributed by atoms with Crippen molar-refractivity contribution in [3.8, 4) is 0 Å². The summed E-state index contributed by atoms with van der Waals surface area (Å²) in [6.45, 7) is 0. The van der Waals surface area contributed by atoms with E-state index in [9.17, 15) is 14.0 Å². The second-order valence-corrected chi connectivity index (χ2v) is 4.57. The summed E-state index contributed by atoms with van der Waals surface area (Å²) >= 11 is 5.83. The Kier molecular flexibility index (Phi) is 4.49. The van der Waals surface area contributed by atoms with E-state index in [0.29, 0.717) is 5.69 Å². The average molecular weight is 309 g/mol. The topological polar surface area (TPSA) is 79.3 Å². The molecule has 1 amide bonds. The molecule has 2 N–H and O–H groups in total. The molecule has 2 rings (SSSR count). The van der Waals surface area contributed by atoms with Crippen LogP contribution in [0.1, 0.15) is 16.1 Å². The highest BCUT2D eigenvalue weighted by atomic mass is 35.5. The minimum Gasteiger partial charge on any atom is -0.477 e. The molecule has 0 aliphatic heterocycles. The number of carbonyl (C=O) groups is 2. The van der Waals surface area contributed by atoms with Gasteiger partial charge in [0.15, 0.2) is 0 Å². The molecule has 0 fully saturated rings. The van der Waals surface area contributed by atoms with Crippen molar-refractivity contribution in [1.82, 2.24) is 4.98 Å². The summed E-state index contributed by atoms with van der Waals surface area (Å²) in [4.78, 5) is 26.1. The molecule has 2 aromatic rings. The maximum absolute atomic E-state index is 13.5. The second-order valence-electron chi connectivity index (χ2n) is 4.16. The number of anilines is 1. The molecule has 0 unspecified atom stereocenters. The van der Waals surface area contributed by atoms with Crippen molar-refractivity contribution >= 4 is 29.2 Å². The molecule has 1 aromatic heterocycles. The molecule has 21 heavy (non-hydrogen) atoms. The van der Waals surface area contributed by atoms with Gasteiger partial charge in [-0.25, -0.2) is 14.2 Å². The van der Waals surface area contributed by atoms with Crippen LogP contribution < -0.4 is 5.32 Å². The van der Waals surface area contributed by atoms with E-state index in [-0.39, 0.29) is 22.7 Å². The van der Waals surface area contributed by atoms with Gasteiger partial charge in [0.2, 0.25) is 5.91 Å². The lowest BCUT2D eigenvalue weighted by Gasteiger charge is -2.07. The Morgan fingerprint density at radius 2 is 2.05 bits per heavy atom. The fourth-order valence-electron chi connectivity index (χ4n) is 1.66. The third-order valence-electron chi connectivity index (χ3n) is 2.67. The van der Waals surface area contributed by atoms with Gasteiger partial charge in [-0.05, 0) is 24.3 Å². The zero-order valence-electron chi connectivity index (χ0n) is 10.6. The molecule has 0 radical (unpaired) electrons. The van der Waals surface area contributed by atoms with Crippen LogP contribution in [0, 0.1) is 5.82 Å². The van der Waals surface area contributed by atoms with Crippen molar-refractivity contribution in [2.45, 2.75) is 6.42 Å². The smallest absolute Gasteiger partial charge is 0.354 e. The summed E-state index contributed by atoms with van der Waals surface area (Å²) in [7, 11) is 0. The largest absolute Gasteiger partial charge is 0.477 e. The second kappa shape index (κ2) is 6.32. The Balaban J connectivity index is 2.06. The van der Waals surface area contributed by atoms with E-state index in [1.165, 1.54) is 36.5 Å². The number of aromatic nitrogens is 1. The first-order valence-corrected chi connectivity index (χ1v) is 6.27. The van der Waals surface area contributed by atoms with Crippen LogP contribution in [0.3, 0.4) is 0 Å². The van der Waals surface area contributed by atoms with Crippen LogP contribution in [0.15, 0.2) is 36.5 Å². The standard InChI is InChI=1S/C14H10ClFN2O3/c15-10-2-1-3-11(16)9(10)6-13(19)18-8-4-5-12(14(20)21)17-7-8/h1-5,7H,6H2,(H,18,19)(H,20,21). The van der Waals surface area contributed by atoms with Gasteiger partial charge in [0, 0.05) is 10.6 Å². The van der Waals surface area contributed by atoms with Gasteiger partial charge in [-0.1, -0.05) is 17.7 Å². The lowest BCUT2D eigenvalue weighted by atomic mass is 10.1. The van der Waals surface area contributed by atoms with E-state index >= 15 is 0 Å². The molecule has 5 nitrogen and oxygen atoms in total. The Bertz CT molecular complexity index is 669. The normalized spacial score (nSPS) is 10.2. The Morgan fingerprint density at radius 3 is 2.62 bits per heavy atom. The third-order valence-corrected chi connectivity index (χ3v) is 3.02. The number of aromatic carboxylic acids is 1. The molecule has 0 saturated heterocycles. The highest BCUT2D eigenvalue weighted by Crippen LogP contribution is 2.20. The van der Waals surface area contributed by atoms with Crippen molar-refractivity contribution in [1.29, 1.82) is 0 Å². The minimum atomic E-state index is -1.16. The summed E-state index contributed by atoms with van der Waals surface area (Å²) < 4.78 is 13.5. The number of carboxylic acid groups (broad SMARTS) is 1. The number of hydrogen-bond acceptors (Lipinski definition) is 3. The number of halogens is 2. The Hall–Kier alpha value is -2.47. The molecule has 108 valence electrons. The van der Waals surface area contributed by atoms with Crippen LogP contribution in [0.4, 0.5) is 10.1 Å². The zero-order valence-corrected chi connectivity index (χ0v) is 11.4. The van der Waals surface area contributed by atoms with Gasteiger partial charge in [0.25, 0.3) is 0 Å².